The number of furan rings is 1. The molecule has 45 heavy (non-hydrogen) atoms. The summed E-state index contributed by atoms with van der Waals surface area (Å²) in [6.45, 7) is 7.83. The van der Waals surface area contributed by atoms with Crippen LogP contribution in [0.15, 0.2) is 83.3 Å². The van der Waals surface area contributed by atoms with Crippen LogP contribution in [0.1, 0.15) is 38.1 Å². The zero-order valence-corrected chi connectivity index (χ0v) is 26.3. The number of benzene rings is 3. The Bertz CT molecular complexity index is 2180. The van der Waals surface area contributed by atoms with Crippen molar-refractivity contribution in [2.75, 3.05) is 17.5 Å². The summed E-state index contributed by atoms with van der Waals surface area (Å²) in [4.78, 5) is 23.1. The van der Waals surface area contributed by atoms with Gasteiger partial charge in [0.2, 0.25) is 10.0 Å². The molecule has 1 amide bonds. The molecule has 0 aliphatic heterocycles. The number of fused-ring (bicyclic) bond motifs is 2. The first kappa shape index (κ1) is 30.0. The first-order valence-corrected chi connectivity index (χ1v) is 16.1. The number of sulfonamides is 1. The Morgan fingerprint density at radius 1 is 0.956 bits per heavy atom. The molecule has 0 atom stereocenters. The van der Waals surface area contributed by atoms with E-state index >= 15 is 0 Å². The molecule has 0 saturated carbocycles. The van der Waals surface area contributed by atoms with Crippen LogP contribution in [0.5, 0.6) is 0 Å². The number of carbonyl (C=O) groups excluding carboxylic acids is 1. The van der Waals surface area contributed by atoms with Crippen LogP contribution < -0.4 is 10.0 Å². The van der Waals surface area contributed by atoms with Crippen LogP contribution >= 0.6 is 0 Å². The van der Waals surface area contributed by atoms with Gasteiger partial charge in [-0.2, -0.15) is 0 Å². The number of rotatable bonds is 7. The lowest BCUT2D eigenvalue weighted by atomic mass is 10.0. The van der Waals surface area contributed by atoms with Crippen LogP contribution in [-0.2, 0) is 15.6 Å². The van der Waals surface area contributed by atoms with E-state index in [4.69, 9.17) is 14.4 Å². The van der Waals surface area contributed by atoms with Gasteiger partial charge in [0.25, 0.3) is 5.91 Å². The standard InChI is InChI=1S/C34H32FN5O4S/c1-6-45(42,43)39-26-19-28-24(29(33(41)36-5)30(44-28)20-12-14-22(35)15-13-20)18-23(26)25-16-17-27-31(37-25)38-32(40(27)34(2,3)4)21-10-8-7-9-11-21/h7-19,39H,6H2,1-5H3,(H,36,41). The Kier molecular flexibility index (Phi) is 7.44. The molecule has 9 nitrogen and oxygen atoms in total. The summed E-state index contributed by atoms with van der Waals surface area (Å²) in [6.07, 6.45) is 0. The van der Waals surface area contributed by atoms with Gasteiger partial charge in [0.1, 0.15) is 23.0 Å². The Morgan fingerprint density at radius 2 is 1.67 bits per heavy atom. The first-order valence-electron chi connectivity index (χ1n) is 14.4. The Morgan fingerprint density at radius 3 is 2.31 bits per heavy atom. The van der Waals surface area contributed by atoms with Gasteiger partial charge < -0.3 is 14.3 Å². The molecule has 0 saturated heterocycles. The monoisotopic (exact) mass is 625 g/mol. The van der Waals surface area contributed by atoms with Crippen LogP contribution in [0.25, 0.3) is 56.1 Å². The molecule has 6 aromatic rings. The molecular weight excluding hydrogens is 593 g/mol. The van der Waals surface area contributed by atoms with Crippen molar-refractivity contribution in [3.8, 4) is 34.0 Å². The van der Waals surface area contributed by atoms with Crippen molar-refractivity contribution in [2.24, 2.45) is 0 Å². The highest BCUT2D eigenvalue weighted by molar-refractivity contribution is 7.92. The Labute approximate surface area is 260 Å². The zero-order chi connectivity index (χ0) is 32.1. The maximum Gasteiger partial charge on any atom is 0.255 e. The van der Waals surface area contributed by atoms with Gasteiger partial charge in [-0.1, -0.05) is 30.3 Å². The average Bonchev–Trinajstić information content (AvgIpc) is 3.59. The average molecular weight is 626 g/mol. The van der Waals surface area contributed by atoms with Gasteiger partial charge in [-0.15, -0.1) is 0 Å². The largest absolute Gasteiger partial charge is 0.455 e. The van der Waals surface area contributed by atoms with Gasteiger partial charge in [0.15, 0.2) is 5.65 Å². The number of carbonyl (C=O) groups is 1. The summed E-state index contributed by atoms with van der Waals surface area (Å²) in [5.41, 5.74) is 4.03. The third kappa shape index (κ3) is 5.55. The normalized spacial score (nSPS) is 12.1. The highest BCUT2D eigenvalue weighted by atomic mass is 32.2. The number of imidazole rings is 1. The maximum atomic E-state index is 13.7. The number of nitrogens with one attached hydrogen (secondary N) is 2. The molecule has 2 N–H and O–H groups in total. The Balaban J connectivity index is 1.62. The smallest absolute Gasteiger partial charge is 0.255 e. The van der Waals surface area contributed by atoms with Crippen LogP contribution in [-0.4, -0.2) is 41.7 Å². The van der Waals surface area contributed by atoms with Crippen molar-refractivity contribution in [3.63, 3.8) is 0 Å². The SMILES string of the molecule is CCS(=O)(=O)Nc1cc2oc(-c3ccc(F)cc3)c(C(=O)NC)c2cc1-c1ccc2c(n1)nc(-c1ccccc1)n2C(C)(C)C. The van der Waals surface area contributed by atoms with E-state index in [0.717, 1.165) is 16.9 Å². The molecule has 0 bridgehead atoms. The van der Waals surface area contributed by atoms with E-state index in [1.165, 1.54) is 38.2 Å². The number of nitrogens with zero attached hydrogens (tertiary/aromatic N) is 3. The summed E-state index contributed by atoms with van der Waals surface area (Å²) in [5, 5.41) is 3.09. The predicted octanol–water partition coefficient (Wildman–Crippen LogP) is 7.19. The Hall–Kier alpha value is -5.03. The number of hydrogen-bond acceptors (Lipinski definition) is 6. The summed E-state index contributed by atoms with van der Waals surface area (Å²) < 4.78 is 50.3. The molecule has 6 rings (SSSR count). The van der Waals surface area contributed by atoms with Crippen molar-refractivity contribution < 1.29 is 22.0 Å². The predicted molar refractivity (Wildman–Crippen MR) is 175 cm³/mol. The van der Waals surface area contributed by atoms with E-state index in [9.17, 15) is 17.6 Å². The molecule has 0 aliphatic rings. The molecule has 0 spiro atoms. The minimum absolute atomic E-state index is 0.157. The summed E-state index contributed by atoms with van der Waals surface area (Å²) >= 11 is 0. The fourth-order valence-electron chi connectivity index (χ4n) is 5.41. The van der Waals surface area contributed by atoms with Crippen molar-refractivity contribution >= 4 is 43.8 Å². The number of amides is 1. The fraction of sp³-hybridized carbons (Fsp3) is 0.206. The molecule has 0 unspecified atom stereocenters. The van der Waals surface area contributed by atoms with Crippen molar-refractivity contribution in [3.05, 3.63) is 90.2 Å². The van der Waals surface area contributed by atoms with Crippen molar-refractivity contribution in [1.82, 2.24) is 19.9 Å². The number of hydrogen-bond donors (Lipinski definition) is 2. The molecule has 11 heteroatoms. The van der Waals surface area contributed by atoms with Crippen LogP contribution in [0.2, 0.25) is 0 Å². The van der Waals surface area contributed by atoms with E-state index in [2.05, 4.69) is 35.4 Å². The zero-order valence-electron chi connectivity index (χ0n) is 25.5. The van der Waals surface area contributed by atoms with Gasteiger partial charge in [0.05, 0.1) is 28.2 Å². The molecule has 3 aromatic heterocycles. The maximum absolute atomic E-state index is 13.7. The fourth-order valence-corrected chi connectivity index (χ4v) is 6.05. The number of aromatic nitrogens is 3. The van der Waals surface area contributed by atoms with E-state index in [0.29, 0.717) is 27.9 Å². The van der Waals surface area contributed by atoms with Crippen LogP contribution in [0, 0.1) is 5.82 Å². The first-order chi connectivity index (χ1) is 21.4. The minimum atomic E-state index is -3.71. The molecule has 0 fully saturated rings. The van der Waals surface area contributed by atoms with Crippen LogP contribution in [0.3, 0.4) is 0 Å². The second-order valence-corrected chi connectivity index (χ2v) is 13.6. The summed E-state index contributed by atoms with van der Waals surface area (Å²) in [6, 6.07) is 22.4. The van der Waals surface area contributed by atoms with E-state index < -0.39 is 21.7 Å². The lowest BCUT2D eigenvalue weighted by Crippen LogP contribution is -2.22. The topological polar surface area (TPSA) is 119 Å². The highest BCUT2D eigenvalue weighted by Gasteiger charge is 2.27. The number of halogens is 1. The highest BCUT2D eigenvalue weighted by Crippen LogP contribution is 2.40. The molecule has 230 valence electrons. The van der Waals surface area contributed by atoms with Gasteiger partial charge >= 0.3 is 0 Å². The lowest BCUT2D eigenvalue weighted by molar-refractivity contribution is 0.0964. The van der Waals surface area contributed by atoms with Gasteiger partial charge in [0, 0.05) is 40.7 Å². The third-order valence-electron chi connectivity index (χ3n) is 7.53. The van der Waals surface area contributed by atoms with E-state index in [1.54, 1.807) is 12.1 Å². The van der Waals surface area contributed by atoms with Crippen molar-refractivity contribution in [1.29, 1.82) is 0 Å². The van der Waals surface area contributed by atoms with Gasteiger partial charge in [-0.3, -0.25) is 9.52 Å². The molecule has 3 heterocycles. The second kappa shape index (κ2) is 11.2. The molecular formula is C34H32FN5O4S. The van der Waals surface area contributed by atoms with E-state index in [-0.39, 0.29) is 33.9 Å². The number of pyridine rings is 1. The van der Waals surface area contributed by atoms with Gasteiger partial charge in [-0.05, 0) is 70.2 Å². The summed E-state index contributed by atoms with van der Waals surface area (Å²) in [7, 11) is -2.21. The molecule has 0 aliphatic carbocycles. The minimum Gasteiger partial charge on any atom is -0.455 e. The second-order valence-electron chi connectivity index (χ2n) is 11.6. The quantitative estimate of drug-likeness (QED) is 0.194. The molecule has 0 radical (unpaired) electrons. The number of anilines is 1. The van der Waals surface area contributed by atoms with Crippen molar-refractivity contribution in [2.45, 2.75) is 33.2 Å². The van der Waals surface area contributed by atoms with Crippen LogP contribution in [0.4, 0.5) is 10.1 Å². The molecule has 3 aromatic carbocycles. The third-order valence-corrected chi connectivity index (χ3v) is 8.82. The van der Waals surface area contributed by atoms with Gasteiger partial charge in [-0.25, -0.2) is 22.8 Å². The summed E-state index contributed by atoms with van der Waals surface area (Å²) in [5.74, 6) is -0.0200. The van der Waals surface area contributed by atoms with E-state index in [1.807, 2.05) is 42.5 Å². The lowest BCUT2D eigenvalue weighted by Gasteiger charge is -2.24.